The van der Waals surface area contributed by atoms with E-state index in [0.29, 0.717) is 37.5 Å². The number of carbonyl (C=O) groups excluding carboxylic acids is 1. The van der Waals surface area contributed by atoms with Crippen molar-refractivity contribution in [2.75, 3.05) is 13.1 Å². The van der Waals surface area contributed by atoms with Gasteiger partial charge in [0, 0.05) is 31.1 Å². The molecular formula is C21H24ClFN2O3S. The standard InChI is InChI=1S/C21H24ClFN2O3S/c22-18-6-3-16(4-7-18)14-24-21(26)12-5-17-2-1-13-25(15-17)29(27,28)20-10-8-19(23)9-11-20/h3-4,6-11,17H,1-2,5,12-15H2,(H,24,26). The second kappa shape index (κ2) is 9.69. The molecular weight excluding hydrogens is 415 g/mol. The molecule has 1 unspecified atom stereocenters. The van der Waals surface area contributed by atoms with Crippen LogP contribution < -0.4 is 5.32 Å². The van der Waals surface area contributed by atoms with Crippen LogP contribution in [0.1, 0.15) is 31.2 Å². The summed E-state index contributed by atoms with van der Waals surface area (Å²) in [5.74, 6) is -0.399. The zero-order valence-corrected chi connectivity index (χ0v) is 17.6. The topological polar surface area (TPSA) is 66.5 Å². The van der Waals surface area contributed by atoms with Gasteiger partial charge in [-0.05, 0) is 67.1 Å². The lowest BCUT2D eigenvalue weighted by atomic mass is 9.94. The minimum atomic E-state index is -3.64. The number of hydrogen-bond acceptors (Lipinski definition) is 3. The summed E-state index contributed by atoms with van der Waals surface area (Å²) in [5, 5.41) is 3.53. The highest BCUT2D eigenvalue weighted by molar-refractivity contribution is 7.89. The van der Waals surface area contributed by atoms with E-state index in [1.54, 1.807) is 12.1 Å². The van der Waals surface area contributed by atoms with Crippen molar-refractivity contribution >= 4 is 27.5 Å². The second-order valence-corrected chi connectivity index (χ2v) is 9.64. The number of benzene rings is 2. The largest absolute Gasteiger partial charge is 0.352 e. The first kappa shape index (κ1) is 21.7. The van der Waals surface area contributed by atoms with Gasteiger partial charge in [0.05, 0.1) is 4.90 Å². The van der Waals surface area contributed by atoms with Crippen molar-refractivity contribution in [2.45, 2.75) is 37.1 Å². The Kier molecular flexibility index (Phi) is 7.27. The van der Waals surface area contributed by atoms with Gasteiger partial charge in [0.25, 0.3) is 0 Å². The summed E-state index contributed by atoms with van der Waals surface area (Å²) >= 11 is 5.85. The third-order valence-corrected chi connectivity index (χ3v) is 7.25. The average molecular weight is 439 g/mol. The first-order chi connectivity index (χ1) is 13.8. The maximum absolute atomic E-state index is 13.1. The molecule has 0 bridgehead atoms. The molecule has 1 fully saturated rings. The van der Waals surface area contributed by atoms with E-state index < -0.39 is 15.8 Å². The van der Waals surface area contributed by atoms with Gasteiger partial charge in [-0.25, -0.2) is 12.8 Å². The van der Waals surface area contributed by atoms with E-state index in [9.17, 15) is 17.6 Å². The van der Waals surface area contributed by atoms with Crippen LogP contribution in [0.2, 0.25) is 5.02 Å². The molecule has 1 amide bonds. The summed E-state index contributed by atoms with van der Waals surface area (Å²) in [6.07, 6.45) is 2.61. The molecule has 1 saturated heterocycles. The number of nitrogens with zero attached hydrogens (tertiary/aromatic N) is 1. The van der Waals surface area contributed by atoms with Gasteiger partial charge in [0.1, 0.15) is 5.82 Å². The van der Waals surface area contributed by atoms with Gasteiger partial charge in [0.15, 0.2) is 0 Å². The Morgan fingerprint density at radius 2 is 1.83 bits per heavy atom. The van der Waals surface area contributed by atoms with E-state index >= 15 is 0 Å². The van der Waals surface area contributed by atoms with Gasteiger partial charge in [-0.15, -0.1) is 0 Å². The van der Waals surface area contributed by atoms with Crippen molar-refractivity contribution in [3.63, 3.8) is 0 Å². The predicted octanol–water partition coefficient (Wildman–Crippen LogP) is 3.98. The number of hydrogen-bond donors (Lipinski definition) is 1. The maximum Gasteiger partial charge on any atom is 0.243 e. The van der Waals surface area contributed by atoms with Gasteiger partial charge < -0.3 is 5.32 Å². The fraction of sp³-hybridized carbons (Fsp3) is 0.381. The normalized spacial score (nSPS) is 17.8. The van der Waals surface area contributed by atoms with Crippen molar-refractivity contribution < 1.29 is 17.6 Å². The molecule has 0 spiro atoms. The van der Waals surface area contributed by atoms with Crippen LogP contribution in [-0.2, 0) is 21.4 Å². The molecule has 5 nitrogen and oxygen atoms in total. The summed E-state index contributed by atoms with van der Waals surface area (Å²) < 4.78 is 40.1. The van der Waals surface area contributed by atoms with Crippen molar-refractivity contribution in [2.24, 2.45) is 5.92 Å². The summed E-state index contributed by atoms with van der Waals surface area (Å²) in [7, 11) is -3.64. The molecule has 0 aromatic heterocycles. The van der Waals surface area contributed by atoms with Crippen LogP contribution >= 0.6 is 11.6 Å². The lowest BCUT2D eigenvalue weighted by Crippen LogP contribution is -2.40. The zero-order chi connectivity index (χ0) is 20.9. The van der Waals surface area contributed by atoms with Crippen LogP contribution in [0, 0.1) is 11.7 Å². The minimum absolute atomic E-state index is 0.0570. The Morgan fingerprint density at radius 1 is 1.14 bits per heavy atom. The Balaban J connectivity index is 1.49. The Hall–Kier alpha value is -1.96. The molecule has 8 heteroatoms. The molecule has 0 saturated carbocycles. The molecule has 1 atom stereocenters. The lowest BCUT2D eigenvalue weighted by molar-refractivity contribution is -0.121. The molecule has 2 aromatic carbocycles. The summed E-state index contributed by atoms with van der Waals surface area (Å²) in [6.45, 7) is 1.26. The number of rotatable bonds is 7. The molecule has 2 aromatic rings. The number of piperidine rings is 1. The van der Waals surface area contributed by atoms with Crippen molar-refractivity contribution in [1.82, 2.24) is 9.62 Å². The van der Waals surface area contributed by atoms with Gasteiger partial charge >= 0.3 is 0 Å². The molecule has 156 valence electrons. The highest BCUT2D eigenvalue weighted by Crippen LogP contribution is 2.26. The summed E-state index contributed by atoms with van der Waals surface area (Å²) in [6, 6.07) is 12.2. The smallest absolute Gasteiger partial charge is 0.243 e. The first-order valence-electron chi connectivity index (χ1n) is 9.61. The molecule has 0 aliphatic carbocycles. The van der Waals surface area contributed by atoms with Crippen LogP contribution in [0.15, 0.2) is 53.4 Å². The number of sulfonamides is 1. The summed E-state index contributed by atoms with van der Waals surface area (Å²) in [5.41, 5.74) is 0.969. The number of carbonyl (C=O) groups is 1. The van der Waals surface area contributed by atoms with E-state index in [2.05, 4.69) is 5.32 Å². The highest BCUT2D eigenvalue weighted by Gasteiger charge is 2.30. The van der Waals surface area contributed by atoms with E-state index in [4.69, 9.17) is 11.6 Å². The van der Waals surface area contributed by atoms with Gasteiger partial charge in [-0.3, -0.25) is 4.79 Å². The molecule has 1 aliphatic heterocycles. The highest BCUT2D eigenvalue weighted by atomic mass is 35.5. The fourth-order valence-corrected chi connectivity index (χ4v) is 5.14. The Bertz CT molecular complexity index is 933. The monoisotopic (exact) mass is 438 g/mol. The zero-order valence-electron chi connectivity index (χ0n) is 16.0. The van der Waals surface area contributed by atoms with Crippen LogP contribution in [0.4, 0.5) is 4.39 Å². The van der Waals surface area contributed by atoms with Gasteiger partial charge in [-0.1, -0.05) is 23.7 Å². The Morgan fingerprint density at radius 3 is 2.52 bits per heavy atom. The number of amides is 1. The maximum atomic E-state index is 13.1. The Labute approximate surface area is 175 Å². The van der Waals surface area contributed by atoms with Gasteiger partial charge in [-0.2, -0.15) is 4.31 Å². The van der Waals surface area contributed by atoms with Crippen LogP contribution in [-0.4, -0.2) is 31.7 Å². The third kappa shape index (κ3) is 6.01. The summed E-state index contributed by atoms with van der Waals surface area (Å²) in [4.78, 5) is 12.3. The van der Waals surface area contributed by atoms with Crippen LogP contribution in [0.25, 0.3) is 0 Å². The average Bonchev–Trinajstić information content (AvgIpc) is 2.72. The SMILES string of the molecule is O=C(CCC1CCCN(S(=O)(=O)c2ccc(F)cc2)C1)NCc1ccc(Cl)cc1. The van der Waals surface area contributed by atoms with Crippen LogP contribution in [0.5, 0.6) is 0 Å². The number of nitrogens with one attached hydrogen (secondary N) is 1. The van der Waals surface area contributed by atoms with Crippen molar-refractivity contribution in [1.29, 1.82) is 0 Å². The van der Waals surface area contributed by atoms with Crippen molar-refractivity contribution in [3.05, 3.63) is 64.9 Å². The molecule has 29 heavy (non-hydrogen) atoms. The third-order valence-electron chi connectivity index (χ3n) is 5.12. The van der Waals surface area contributed by atoms with Crippen molar-refractivity contribution in [3.8, 4) is 0 Å². The lowest BCUT2D eigenvalue weighted by Gasteiger charge is -2.32. The predicted molar refractivity (Wildman–Crippen MR) is 110 cm³/mol. The molecule has 1 aliphatic rings. The van der Waals surface area contributed by atoms with Gasteiger partial charge in [0.2, 0.25) is 15.9 Å². The van der Waals surface area contributed by atoms with Crippen LogP contribution in [0.3, 0.4) is 0 Å². The van der Waals surface area contributed by atoms with E-state index in [1.807, 2.05) is 12.1 Å². The van der Waals surface area contributed by atoms with E-state index in [0.717, 1.165) is 30.5 Å². The molecule has 0 radical (unpaired) electrons. The first-order valence-corrected chi connectivity index (χ1v) is 11.4. The van der Waals surface area contributed by atoms with E-state index in [-0.39, 0.29) is 16.7 Å². The van der Waals surface area contributed by atoms with E-state index in [1.165, 1.54) is 16.4 Å². The minimum Gasteiger partial charge on any atom is -0.352 e. The molecule has 1 heterocycles. The number of halogens is 2. The molecule has 3 rings (SSSR count). The molecule has 1 N–H and O–H groups in total. The second-order valence-electron chi connectivity index (χ2n) is 7.27. The quantitative estimate of drug-likeness (QED) is 0.711. The fourth-order valence-electron chi connectivity index (χ4n) is 3.46.